The van der Waals surface area contributed by atoms with Crippen molar-refractivity contribution in [2.45, 2.75) is 64.2 Å². The lowest BCUT2D eigenvalue weighted by Crippen LogP contribution is -2.22. The van der Waals surface area contributed by atoms with E-state index in [0.717, 1.165) is 50.5 Å². The summed E-state index contributed by atoms with van der Waals surface area (Å²) in [5.41, 5.74) is 7.38. The number of carbonyl (C=O) groups excluding carboxylic acids is 1. The fourth-order valence-corrected chi connectivity index (χ4v) is 4.57. The molecule has 1 heterocycles. The molecule has 7 heteroatoms. The third-order valence-corrected chi connectivity index (χ3v) is 6.43. The number of methoxy groups -OCH3 is 1. The molecule has 0 spiro atoms. The number of ether oxygens (including phenoxy) is 1. The summed E-state index contributed by atoms with van der Waals surface area (Å²) in [7, 11) is 1.61. The van der Waals surface area contributed by atoms with Gasteiger partial charge < -0.3 is 15.4 Å². The van der Waals surface area contributed by atoms with Crippen LogP contribution in [0.5, 0.6) is 5.75 Å². The number of benzene rings is 1. The Labute approximate surface area is 195 Å². The van der Waals surface area contributed by atoms with Crippen LogP contribution in [0.4, 0.5) is 13.2 Å². The second-order valence-corrected chi connectivity index (χ2v) is 8.88. The van der Waals surface area contributed by atoms with E-state index in [-0.39, 0.29) is 12.2 Å². The minimum Gasteiger partial charge on any atom is -0.497 e. The Kier molecular flexibility index (Phi) is 11.0. The second kappa shape index (κ2) is 13.4. The fraction of sp³-hybridized carbons (Fsp3) is 0.577. The highest BCUT2D eigenvalue weighted by Gasteiger charge is 2.38. The van der Waals surface area contributed by atoms with Gasteiger partial charge in [-0.2, -0.15) is 0 Å². The fourth-order valence-electron chi connectivity index (χ4n) is 4.57. The molecule has 2 N–H and O–H groups in total. The molecule has 1 unspecified atom stereocenters. The predicted octanol–water partition coefficient (Wildman–Crippen LogP) is 5.66. The van der Waals surface area contributed by atoms with Crippen molar-refractivity contribution in [3.8, 4) is 5.75 Å². The molecule has 0 radical (unpaired) electrons. The number of primary amides is 1. The maximum Gasteiger partial charge on any atom is 0.248 e. The molecule has 1 saturated heterocycles. The molecule has 1 aliphatic heterocycles. The Bertz CT molecular complexity index is 812. The standard InChI is InChI=1S/C14H20FNO.C11H14F2.CH3NO/c1-17-13-6-7-14(15)12(11-13)5-4-10-16-8-2-3-9-16;1-11(12,13)10-6-8-4-2-3-5-9(8)7-10;2-1-3/h6-7,11H,2-5,8-10H2,1H3;2,4,10H,3,5-7H2,1H3;1H,(H2,2,3). The van der Waals surface area contributed by atoms with Gasteiger partial charge in [-0.1, -0.05) is 17.7 Å². The summed E-state index contributed by atoms with van der Waals surface area (Å²) in [6, 6.07) is 4.96. The molecule has 33 heavy (non-hydrogen) atoms. The Balaban J connectivity index is 0.000000214. The Morgan fingerprint density at radius 2 is 1.94 bits per heavy atom. The van der Waals surface area contributed by atoms with E-state index in [1.165, 1.54) is 43.1 Å². The maximum atomic E-state index is 13.5. The van der Waals surface area contributed by atoms with Gasteiger partial charge in [0.15, 0.2) is 0 Å². The molecule has 4 nitrogen and oxygen atoms in total. The van der Waals surface area contributed by atoms with Gasteiger partial charge in [-0.25, -0.2) is 13.2 Å². The van der Waals surface area contributed by atoms with Crippen LogP contribution in [0.3, 0.4) is 0 Å². The third-order valence-electron chi connectivity index (χ3n) is 6.43. The average molecular weight is 467 g/mol. The van der Waals surface area contributed by atoms with Gasteiger partial charge in [-0.05, 0) is 107 Å². The van der Waals surface area contributed by atoms with Crippen LogP contribution < -0.4 is 10.5 Å². The van der Waals surface area contributed by atoms with Crippen LogP contribution in [0.2, 0.25) is 0 Å². The van der Waals surface area contributed by atoms with E-state index >= 15 is 0 Å². The molecule has 1 amide bonds. The quantitative estimate of drug-likeness (QED) is 0.550. The number of nitrogens with two attached hydrogens (primary N) is 1. The Hall–Kier alpha value is -2.28. The Morgan fingerprint density at radius 1 is 1.24 bits per heavy atom. The first-order valence-corrected chi connectivity index (χ1v) is 11.7. The SMILES string of the molecule is CC(F)(F)C1CC2=C(CCC=C2)C1.COc1ccc(F)c(CCCN2CCCC2)c1.NC=O. The zero-order chi connectivity index (χ0) is 24.3. The monoisotopic (exact) mass is 466 g/mol. The topological polar surface area (TPSA) is 55.6 Å². The molecule has 2 aliphatic carbocycles. The lowest BCUT2D eigenvalue weighted by Gasteiger charge is -2.18. The minimum atomic E-state index is -2.51. The Morgan fingerprint density at radius 3 is 2.55 bits per heavy atom. The van der Waals surface area contributed by atoms with E-state index in [0.29, 0.717) is 12.8 Å². The van der Waals surface area contributed by atoms with E-state index in [4.69, 9.17) is 9.53 Å². The number of halogens is 3. The molecule has 1 aromatic carbocycles. The van der Waals surface area contributed by atoms with Gasteiger partial charge in [-0.3, -0.25) is 4.79 Å². The van der Waals surface area contributed by atoms with E-state index in [2.05, 4.69) is 16.7 Å². The van der Waals surface area contributed by atoms with E-state index < -0.39 is 11.8 Å². The first-order valence-electron chi connectivity index (χ1n) is 11.7. The third kappa shape index (κ3) is 8.88. The number of aryl methyl sites for hydroxylation is 1. The van der Waals surface area contributed by atoms with Crippen LogP contribution >= 0.6 is 0 Å². The van der Waals surface area contributed by atoms with Crippen LogP contribution in [0.25, 0.3) is 0 Å². The van der Waals surface area contributed by atoms with Gasteiger partial charge in [-0.15, -0.1) is 0 Å². The van der Waals surface area contributed by atoms with Gasteiger partial charge in [0.2, 0.25) is 12.3 Å². The number of hydrogen-bond donors (Lipinski definition) is 1. The first-order chi connectivity index (χ1) is 15.8. The molecule has 1 fully saturated rings. The number of hydrogen-bond acceptors (Lipinski definition) is 3. The van der Waals surface area contributed by atoms with Crippen molar-refractivity contribution in [3.63, 3.8) is 0 Å². The van der Waals surface area contributed by atoms with Crippen molar-refractivity contribution in [3.05, 3.63) is 52.9 Å². The van der Waals surface area contributed by atoms with Crippen LogP contribution in [-0.2, 0) is 11.2 Å². The number of amides is 1. The lowest BCUT2D eigenvalue weighted by molar-refractivity contribution is -0.106. The summed E-state index contributed by atoms with van der Waals surface area (Å²) >= 11 is 0. The highest BCUT2D eigenvalue weighted by atomic mass is 19.3. The van der Waals surface area contributed by atoms with Gasteiger partial charge >= 0.3 is 0 Å². The summed E-state index contributed by atoms with van der Waals surface area (Å²) in [5, 5.41) is 0. The van der Waals surface area contributed by atoms with Crippen molar-refractivity contribution in [1.82, 2.24) is 4.90 Å². The number of nitrogens with zero attached hydrogens (tertiary/aromatic N) is 1. The largest absolute Gasteiger partial charge is 0.497 e. The minimum absolute atomic E-state index is 0.118. The van der Waals surface area contributed by atoms with Crippen molar-refractivity contribution in [2.75, 3.05) is 26.7 Å². The summed E-state index contributed by atoms with van der Waals surface area (Å²) in [6.07, 6.45) is 12.0. The molecule has 0 bridgehead atoms. The van der Waals surface area contributed by atoms with E-state index in [1.807, 2.05) is 6.08 Å². The highest BCUT2D eigenvalue weighted by Crippen LogP contribution is 2.44. The number of alkyl halides is 2. The average Bonchev–Trinajstić information content (AvgIpc) is 3.46. The summed E-state index contributed by atoms with van der Waals surface area (Å²) in [5.74, 6) is -2.33. The summed E-state index contributed by atoms with van der Waals surface area (Å²) in [4.78, 5) is 11.0. The zero-order valence-corrected chi connectivity index (χ0v) is 19.8. The molecule has 4 rings (SSSR count). The van der Waals surface area contributed by atoms with Crippen molar-refractivity contribution < 1.29 is 22.7 Å². The molecular formula is C26H37F3N2O2. The second-order valence-electron chi connectivity index (χ2n) is 8.88. The molecule has 1 atom stereocenters. The van der Waals surface area contributed by atoms with Gasteiger partial charge in [0.25, 0.3) is 0 Å². The van der Waals surface area contributed by atoms with E-state index in [9.17, 15) is 13.2 Å². The van der Waals surface area contributed by atoms with Crippen LogP contribution in [-0.4, -0.2) is 44.0 Å². The van der Waals surface area contributed by atoms with Gasteiger partial charge in [0.1, 0.15) is 11.6 Å². The number of rotatable bonds is 6. The summed E-state index contributed by atoms with van der Waals surface area (Å²) < 4.78 is 44.7. The molecule has 184 valence electrons. The zero-order valence-electron chi connectivity index (χ0n) is 19.8. The maximum absolute atomic E-state index is 13.5. The van der Waals surface area contributed by atoms with Crippen molar-refractivity contribution in [1.29, 1.82) is 0 Å². The number of carbonyl (C=O) groups is 1. The number of allylic oxidation sites excluding steroid dienone is 4. The first kappa shape index (κ1) is 27.0. The molecule has 3 aliphatic rings. The molecule has 0 aromatic heterocycles. The van der Waals surface area contributed by atoms with E-state index in [1.54, 1.807) is 19.2 Å². The van der Waals surface area contributed by atoms with Gasteiger partial charge in [0.05, 0.1) is 7.11 Å². The van der Waals surface area contributed by atoms with Gasteiger partial charge in [0, 0.05) is 5.92 Å². The van der Waals surface area contributed by atoms with Crippen molar-refractivity contribution >= 4 is 6.41 Å². The molecular weight excluding hydrogens is 429 g/mol. The van der Waals surface area contributed by atoms with Crippen molar-refractivity contribution in [2.24, 2.45) is 11.7 Å². The molecule has 1 aromatic rings. The molecule has 0 saturated carbocycles. The van der Waals surface area contributed by atoms with Crippen LogP contribution in [0, 0.1) is 11.7 Å². The normalized spacial score (nSPS) is 19.8. The van der Waals surface area contributed by atoms with Crippen LogP contribution in [0.1, 0.15) is 57.4 Å². The summed E-state index contributed by atoms with van der Waals surface area (Å²) in [6.45, 7) is 4.54. The van der Waals surface area contributed by atoms with Crippen LogP contribution in [0.15, 0.2) is 41.5 Å². The highest BCUT2D eigenvalue weighted by molar-refractivity contribution is 5.42. The lowest BCUT2D eigenvalue weighted by atomic mass is 9.98. The predicted molar refractivity (Wildman–Crippen MR) is 126 cm³/mol. The number of likely N-dealkylation sites (tertiary alicyclic amines) is 1. The smallest absolute Gasteiger partial charge is 0.248 e.